The minimum atomic E-state index is 0.457. The predicted molar refractivity (Wildman–Crippen MR) is 86.0 cm³/mol. The maximum absolute atomic E-state index is 5.73. The third kappa shape index (κ3) is 4.33. The molecule has 2 aliphatic rings. The van der Waals surface area contributed by atoms with Gasteiger partial charge in [0, 0.05) is 18.2 Å². The van der Waals surface area contributed by atoms with Gasteiger partial charge < -0.3 is 9.73 Å². The average Bonchev–Trinajstić information content (AvgIpc) is 3.16. The standard InChI is InChI=1S/C18H30N2O/c1-18(2,3)15-6-8-20(9-7-15)12-17-10-14(13-21-17)11-19-16-4-5-16/h10,13,15-16,19H,4-9,11-12H2,1-3H3. The summed E-state index contributed by atoms with van der Waals surface area (Å²) in [6.45, 7) is 11.5. The Labute approximate surface area is 129 Å². The fourth-order valence-corrected chi connectivity index (χ4v) is 3.33. The molecule has 118 valence electrons. The summed E-state index contributed by atoms with van der Waals surface area (Å²) in [5.74, 6) is 1.99. The zero-order valence-corrected chi connectivity index (χ0v) is 13.8. The summed E-state index contributed by atoms with van der Waals surface area (Å²) in [5, 5.41) is 3.54. The van der Waals surface area contributed by atoms with E-state index >= 15 is 0 Å². The second kappa shape index (κ2) is 6.13. The van der Waals surface area contributed by atoms with Gasteiger partial charge in [-0.1, -0.05) is 20.8 Å². The van der Waals surface area contributed by atoms with Gasteiger partial charge in [-0.3, -0.25) is 4.90 Å². The first kappa shape index (κ1) is 15.1. The average molecular weight is 290 g/mol. The monoisotopic (exact) mass is 290 g/mol. The lowest BCUT2D eigenvalue weighted by molar-refractivity contribution is 0.103. The van der Waals surface area contributed by atoms with Gasteiger partial charge in [-0.05, 0) is 56.2 Å². The molecule has 1 saturated carbocycles. The normalized spacial score (nSPS) is 21.9. The van der Waals surface area contributed by atoms with Crippen LogP contribution in [0, 0.1) is 11.3 Å². The van der Waals surface area contributed by atoms with E-state index in [0.717, 1.165) is 30.8 Å². The van der Waals surface area contributed by atoms with Gasteiger partial charge in [0.25, 0.3) is 0 Å². The molecule has 3 nitrogen and oxygen atoms in total. The predicted octanol–water partition coefficient (Wildman–Crippen LogP) is 3.79. The van der Waals surface area contributed by atoms with E-state index in [9.17, 15) is 0 Å². The van der Waals surface area contributed by atoms with E-state index in [-0.39, 0.29) is 0 Å². The number of likely N-dealkylation sites (tertiary alicyclic amines) is 1. The van der Waals surface area contributed by atoms with Crippen LogP contribution in [0.15, 0.2) is 16.7 Å². The van der Waals surface area contributed by atoms with Gasteiger partial charge in [0.05, 0.1) is 12.8 Å². The lowest BCUT2D eigenvalue weighted by atomic mass is 9.75. The zero-order valence-electron chi connectivity index (χ0n) is 13.8. The van der Waals surface area contributed by atoms with Crippen molar-refractivity contribution in [1.82, 2.24) is 10.2 Å². The summed E-state index contributed by atoms with van der Waals surface area (Å²) in [7, 11) is 0. The SMILES string of the molecule is CC(C)(C)C1CCN(Cc2cc(CNC3CC3)co2)CC1. The fourth-order valence-electron chi connectivity index (χ4n) is 3.33. The summed E-state index contributed by atoms with van der Waals surface area (Å²) in [5.41, 5.74) is 1.75. The van der Waals surface area contributed by atoms with E-state index in [1.165, 1.54) is 44.3 Å². The van der Waals surface area contributed by atoms with E-state index in [1.54, 1.807) is 0 Å². The van der Waals surface area contributed by atoms with Gasteiger partial charge in [0.15, 0.2) is 0 Å². The largest absolute Gasteiger partial charge is 0.468 e. The van der Waals surface area contributed by atoms with Crippen molar-refractivity contribution in [2.24, 2.45) is 11.3 Å². The molecule has 3 rings (SSSR count). The van der Waals surface area contributed by atoms with Crippen LogP contribution in [0.3, 0.4) is 0 Å². The number of furan rings is 1. The van der Waals surface area contributed by atoms with Crippen molar-refractivity contribution < 1.29 is 4.42 Å². The topological polar surface area (TPSA) is 28.4 Å². The molecule has 1 N–H and O–H groups in total. The third-order valence-electron chi connectivity index (χ3n) is 5.07. The second-order valence-corrected chi connectivity index (χ2v) is 7.99. The van der Waals surface area contributed by atoms with Gasteiger partial charge in [-0.25, -0.2) is 0 Å². The van der Waals surface area contributed by atoms with E-state index in [0.29, 0.717) is 5.41 Å². The quantitative estimate of drug-likeness (QED) is 0.894. The number of hydrogen-bond acceptors (Lipinski definition) is 3. The lowest BCUT2D eigenvalue weighted by Crippen LogP contribution is -2.37. The van der Waals surface area contributed by atoms with Gasteiger partial charge in [-0.15, -0.1) is 0 Å². The van der Waals surface area contributed by atoms with E-state index in [1.807, 2.05) is 6.26 Å². The van der Waals surface area contributed by atoms with Crippen molar-refractivity contribution in [3.63, 3.8) is 0 Å². The molecule has 1 aromatic heterocycles. The van der Waals surface area contributed by atoms with E-state index in [4.69, 9.17) is 4.42 Å². The van der Waals surface area contributed by atoms with Gasteiger partial charge >= 0.3 is 0 Å². The van der Waals surface area contributed by atoms with Gasteiger partial charge in [0.1, 0.15) is 5.76 Å². The molecule has 1 saturated heterocycles. The Morgan fingerprint density at radius 3 is 2.52 bits per heavy atom. The van der Waals surface area contributed by atoms with Gasteiger partial charge in [0.2, 0.25) is 0 Å². The molecule has 1 aliphatic carbocycles. The zero-order chi connectivity index (χ0) is 14.9. The molecule has 1 aliphatic heterocycles. The first-order chi connectivity index (χ1) is 10.0. The number of rotatable bonds is 5. The molecule has 0 aromatic carbocycles. The molecule has 0 unspecified atom stereocenters. The molecule has 2 fully saturated rings. The Morgan fingerprint density at radius 2 is 1.90 bits per heavy atom. The van der Waals surface area contributed by atoms with Crippen LogP contribution in [0.2, 0.25) is 0 Å². The van der Waals surface area contributed by atoms with Crippen molar-refractivity contribution >= 4 is 0 Å². The Bertz CT molecular complexity index is 448. The molecule has 3 heteroatoms. The number of nitrogens with zero attached hydrogens (tertiary/aromatic N) is 1. The highest BCUT2D eigenvalue weighted by molar-refractivity contribution is 5.13. The molecule has 2 heterocycles. The number of nitrogens with one attached hydrogen (secondary N) is 1. The summed E-state index contributed by atoms with van der Waals surface area (Å²) in [6, 6.07) is 2.99. The van der Waals surface area contributed by atoms with Gasteiger partial charge in [-0.2, -0.15) is 0 Å². The van der Waals surface area contributed by atoms with Crippen molar-refractivity contribution in [2.75, 3.05) is 13.1 Å². The summed E-state index contributed by atoms with van der Waals surface area (Å²) < 4.78 is 5.73. The molecule has 0 radical (unpaired) electrons. The minimum absolute atomic E-state index is 0.457. The Hall–Kier alpha value is -0.800. The second-order valence-electron chi connectivity index (χ2n) is 7.99. The number of hydrogen-bond donors (Lipinski definition) is 1. The van der Waals surface area contributed by atoms with Crippen molar-refractivity contribution in [1.29, 1.82) is 0 Å². The Balaban J connectivity index is 1.44. The highest BCUT2D eigenvalue weighted by atomic mass is 16.3. The van der Waals surface area contributed by atoms with Crippen LogP contribution < -0.4 is 5.32 Å². The van der Waals surface area contributed by atoms with Crippen molar-refractivity contribution in [2.45, 2.75) is 65.6 Å². The lowest BCUT2D eigenvalue weighted by Gasteiger charge is -2.38. The summed E-state index contributed by atoms with van der Waals surface area (Å²) in [6.07, 6.45) is 7.24. The molecule has 21 heavy (non-hydrogen) atoms. The Morgan fingerprint density at radius 1 is 1.19 bits per heavy atom. The van der Waals surface area contributed by atoms with Crippen LogP contribution in [0.5, 0.6) is 0 Å². The summed E-state index contributed by atoms with van der Waals surface area (Å²) >= 11 is 0. The van der Waals surface area contributed by atoms with Crippen molar-refractivity contribution in [3.8, 4) is 0 Å². The van der Waals surface area contributed by atoms with Crippen LogP contribution in [0.1, 0.15) is 57.8 Å². The molecule has 0 atom stereocenters. The third-order valence-corrected chi connectivity index (χ3v) is 5.07. The molecule has 1 aromatic rings. The first-order valence-corrected chi connectivity index (χ1v) is 8.53. The first-order valence-electron chi connectivity index (χ1n) is 8.53. The number of piperidine rings is 1. The molecular weight excluding hydrogens is 260 g/mol. The fraction of sp³-hybridized carbons (Fsp3) is 0.778. The maximum atomic E-state index is 5.73. The maximum Gasteiger partial charge on any atom is 0.118 e. The van der Waals surface area contributed by atoms with Crippen LogP contribution in [0.4, 0.5) is 0 Å². The smallest absolute Gasteiger partial charge is 0.118 e. The molecule has 0 spiro atoms. The molecule has 0 bridgehead atoms. The summed E-state index contributed by atoms with van der Waals surface area (Å²) in [4.78, 5) is 2.54. The highest BCUT2D eigenvalue weighted by Gasteiger charge is 2.29. The minimum Gasteiger partial charge on any atom is -0.468 e. The Kier molecular flexibility index (Phi) is 4.41. The van der Waals surface area contributed by atoms with Crippen LogP contribution in [-0.2, 0) is 13.1 Å². The van der Waals surface area contributed by atoms with Crippen LogP contribution in [0.25, 0.3) is 0 Å². The molecular formula is C18H30N2O. The van der Waals surface area contributed by atoms with Crippen LogP contribution in [-0.4, -0.2) is 24.0 Å². The van der Waals surface area contributed by atoms with Crippen molar-refractivity contribution in [3.05, 3.63) is 23.7 Å². The highest BCUT2D eigenvalue weighted by Crippen LogP contribution is 2.34. The molecule has 0 amide bonds. The van der Waals surface area contributed by atoms with E-state index < -0.39 is 0 Å². The van der Waals surface area contributed by atoms with E-state index in [2.05, 4.69) is 37.1 Å². The van der Waals surface area contributed by atoms with Crippen LogP contribution >= 0.6 is 0 Å².